The lowest BCUT2D eigenvalue weighted by Gasteiger charge is -2.07. The van der Waals surface area contributed by atoms with E-state index in [4.69, 9.17) is 5.11 Å². The van der Waals surface area contributed by atoms with Gasteiger partial charge in [0.15, 0.2) is 0 Å². The molecule has 4 heteroatoms. The fourth-order valence-electron chi connectivity index (χ4n) is 0.853. The topological polar surface area (TPSA) is 20.2 Å². The summed E-state index contributed by atoms with van der Waals surface area (Å²) in [7, 11) is 0. The molecule has 0 saturated heterocycles. The smallest absolute Gasteiger partial charge is 0.129 e. The molecule has 0 heterocycles. The van der Waals surface area contributed by atoms with Gasteiger partial charge in [0, 0.05) is 10.0 Å². The third-order valence-electron chi connectivity index (χ3n) is 1.46. The van der Waals surface area contributed by atoms with Gasteiger partial charge < -0.3 is 5.11 Å². The average Bonchev–Trinajstić information content (AvgIpc) is 2.08. The van der Waals surface area contributed by atoms with E-state index < -0.39 is 18.6 Å². The van der Waals surface area contributed by atoms with Crippen LogP contribution < -0.4 is 0 Å². The third-order valence-corrected chi connectivity index (χ3v) is 1.96. The summed E-state index contributed by atoms with van der Waals surface area (Å²) in [5.41, 5.74) is -0.0214. The molecule has 0 fully saturated rings. The highest BCUT2D eigenvalue weighted by Gasteiger charge is 2.12. The van der Waals surface area contributed by atoms with Crippen LogP contribution in [0, 0.1) is 5.82 Å². The summed E-state index contributed by atoms with van der Waals surface area (Å²) in [5, 5.41) is 9.00. The number of benzene rings is 1. The first kappa shape index (κ1) is 9.61. The maximum atomic E-state index is 12.9. The molecule has 1 N–H and O–H groups in total. The molecule has 1 aromatic carbocycles. The summed E-state index contributed by atoms with van der Waals surface area (Å²) in [6.07, 6.45) is -1.37. The van der Waals surface area contributed by atoms with Crippen LogP contribution in [0.1, 0.15) is 11.7 Å². The summed E-state index contributed by atoms with van der Waals surface area (Å²) in [6.45, 7) is -0.979. The summed E-state index contributed by atoms with van der Waals surface area (Å²) in [5.74, 6) is -0.594. The van der Waals surface area contributed by atoms with Crippen molar-refractivity contribution in [1.82, 2.24) is 0 Å². The summed E-state index contributed by atoms with van der Waals surface area (Å²) >= 11 is 3.09. The van der Waals surface area contributed by atoms with Crippen molar-refractivity contribution < 1.29 is 13.9 Å². The Kier molecular flexibility index (Phi) is 3.17. The van der Waals surface area contributed by atoms with Gasteiger partial charge in [-0.15, -0.1) is 0 Å². The number of hydrogen-bond acceptors (Lipinski definition) is 1. The Morgan fingerprint density at radius 1 is 1.50 bits per heavy atom. The van der Waals surface area contributed by atoms with Crippen LogP contribution in [-0.4, -0.2) is 11.8 Å². The molecule has 12 heavy (non-hydrogen) atoms. The van der Waals surface area contributed by atoms with E-state index in [1.54, 1.807) is 0 Å². The van der Waals surface area contributed by atoms with E-state index in [0.717, 1.165) is 0 Å². The average molecular weight is 237 g/mol. The first-order chi connectivity index (χ1) is 5.65. The lowest BCUT2D eigenvalue weighted by Crippen LogP contribution is -2.02. The molecule has 1 atom stereocenters. The first-order valence-electron chi connectivity index (χ1n) is 3.34. The molecule has 0 aromatic heterocycles. The van der Waals surface area contributed by atoms with Gasteiger partial charge in [-0.3, -0.25) is 0 Å². The Bertz CT molecular complexity index is 278. The predicted octanol–water partition coefficient (Wildman–Crippen LogP) is 2.59. The second kappa shape index (κ2) is 3.96. The lowest BCUT2D eigenvalue weighted by atomic mass is 10.1. The molecule has 0 bridgehead atoms. The van der Waals surface area contributed by atoms with Gasteiger partial charge in [-0.2, -0.15) is 0 Å². The van der Waals surface area contributed by atoms with Crippen molar-refractivity contribution in [2.75, 3.05) is 6.67 Å². The van der Waals surface area contributed by atoms with Gasteiger partial charge in [-0.1, -0.05) is 15.9 Å². The molecule has 0 amide bonds. The van der Waals surface area contributed by atoms with Gasteiger partial charge in [0.05, 0.1) is 0 Å². The van der Waals surface area contributed by atoms with Gasteiger partial charge in [-0.25, -0.2) is 8.78 Å². The maximum absolute atomic E-state index is 12.9. The third kappa shape index (κ3) is 2.01. The van der Waals surface area contributed by atoms with E-state index >= 15 is 0 Å². The maximum Gasteiger partial charge on any atom is 0.129 e. The molecule has 0 radical (unpaired) electrons. The largest absolute Gasteiger partial charge is 0.386 e. The molecule has 0 aliphatic rings. The van der Waals surface area contributed by atoms with Crippen LogP contribution in [0.15, 0.2) is 22.7 Å². The second-order valence-corrected chi connectivity index (χ2v) is 3.25. The summed E-state index contributed by atoms with van der Waals surface area (Å²) in [6, 6.07) is 4.03. The Labute approximate surface area is 77.2 Å². The van der Waals surface area contributed by atoms with E-state index in [0.29, 0.717) is 4.47 Å². The zero-order chi connectivity index (χ0) is 9.14. The van der Waals surface area contributed by atoms with Gasteiger partial charge in [-0.05, 0) is 18.2 Å². The van der Waals surface area contributed by atoms with Gasteiger partial charge >= 0.3 is 0 Å². The minimum absolute atomic E-state index is 0.0214. The highest BCUT2D eigenvalue weighted by molar-refractivity contribution is 9.10. The van der Waals surface area contributed by atoms with Crippen LogP contribution in [-0.2, 0) is 0 Å². The fraction of sp³-hybridized carbons (Fsp3) is 0.250. The molecule has 1 rings (SSSR count). The molecule has 66 valence electrons. The van der Waals surface area contributed by atoms with E-state index in [-0.39, 0.29) is 5.56 Å². The highest BCUT2D eigenvalue weighted by atomic mass is 79.9. The zero-order valence-electron chi connectivity index (χ0n) is 6.10. The Morgan fingerprint density at radius 3 is 2.75 bits per heavy atom. The van der Waals surface area contributed by atoms with Gasteiger partial charge in [0.25, 0.3) is 0 Å². The molecular weight excluding hydrogens is 230 g/mol. The number of aliphatic hydroxyl groups excluding tert-OH is 1. The number of halogens is 3. The van der Waals surface area contributed by atoms with E-state index in [2.05, 4.69) is 15.9 Å². The van der Waals surface area contributed by atoms with Crippen molar-refractivity contribution in [3.63, 3.8) is 0 Å². The summed E-state index contributed by atoms with van der Waals surface area (Å²) < 4.78 is 25.4. The van der Waals surface area contributed by atoms with Gasteiger partial charge in [0.2, 0.25) is 0 Å². The summed E-state index contributed by atoms with van der Waals surface area (Å²) in [4.78, 5) is 0. The SMILES string of the molecule is OC(CF)c1cc(Br)ccc1F. The normalized spacial score (nSPS) is 13.0. The van der Waals surface area contributed by atoms with Crippen molar-refractivity contribution in [3.05, 3.63) is 34.1 Å². The highest BCUT2D eigenvalue weighted by Crippen LogP contribution is 2.21. The van der Waals surface area contributed by atoms with Crippen molar-refractivity contribution in [1.29, 1.82) is 0 Å². The van der Waals surface area contributed by atoms with E-state index in [9.17, 15) is 8.78 Å². The minimum atomic E-state index is -1.37. The van der Waals surface area contributed by atoms with Crippen LogP contribution in [0.2, 0.25) is 0 Å². The zero-order valence-corrected chi connectivity index (χ0v) is 7.68. The van der Waals surface area contributed by atoms with Crippen molar-refractivity contribution in [2.45, 2.75) is 6.10 Å². The van der Waals surface area contributed by atoms with Crippen LogP contribution >= 0.6 is 15.9 Å². The van der Waals surface area contributed by atoms with Crippen LogP contribution in [0.3, 0.4) is 0 Å². The Morgan fingerprint density at radius 2 is 2.17 bits per heavy atom. The molecule has 0 aliphatic carbocycles. The van der Waals surface area contributed by atoms with Crippen molar-refractivity contribution in [2.24, 2.45) is 0 Å². The Balaban J connectivity index is 3.04. The number of alkyl halides is 1. The quantitative estimate of drug-likeness (QED) is 0.838. The van der Waals surface area contributed by atoms with Crippen LogP contribution in [0.4, 0.5) is 8.78 Å². The second-order valence-electron chi connectivity index (χ2n) is 2.34. The number of rotatable bonds is 2. The molecule has 1 aromatic rings. The van der Waals surface area contributed by atoms with Crippen LogP contribution in [0.5, 0.6) is 0 Å². The van der Waals surface area contributed by atoms with Crippen molar-refractivity contribution in [3.8, 4) is 0 Å². The molecule has 0 saturated carbocycles. The first-order valence-corrected chi connectivity index (χ1v) is 4.13. The number of hydrogen-bond donors (Lipinski definition) is 1. The standard InChI is InChI=1S/C8H7BrF2O/c9-5-1-2-7(11)6(3-5)8(12)4-10/h1-3,8,12H,4H2. The monoisotopic (exact) mass is 236 g/mol. The fourth-order valence-corrected chi connectivity index (χ4v) is 1.23. The number of aliphatic hydroxyl groups is 1. The Hall–Kier alpha value is -0.480. The molecule has 1 nitrogen and oxygen atoms in total. The van der Waals surface area contributed by atoms with Crippen LogP contribution in [0.25, 0.3) is 0 Å². The molecule has 0 aliphatic heterocycles. The van der Waals surface area contributed by atoms with Crippen molar-refractivity contribution >= 4 is 15.9 Å². The molecule has 1 unspecified atom stereocenters. The van der Waals surface area contributed by atoms with Gasteiger partial charge in [0.1, 0.15) is 18.6 Å². The molecule has 0 spiro atoms. The van der Waals surface area contributed by atoms with E-state index in [1.807, 2.05) is 0 Å². The lowest BCUT2D eigenvalue weighted by molar-refractivity contribution is 0.137. The van der Waals surface area contributed by atoms with E-state index in [1.165, 1.54) is 18.2 Å². The molecular formula is C8H7BrF2O. The predicted molar refractivity (Wildman–Crippen MR) is 45.0 cm³/mol. The minimum Gasteiger partial charge on any atom is -0.386 e.